The zero-order valence-electron chi connectivity index (χ0n) is 8.79. The SMILES string of the molecule is CC(C)c1ccc([C@@H]2NCCS2)cc1. The summed E-state index contributed by atoms with van der Waals surface area (Å²) in [7, 11) is 0. The number of benzene rings is 1. The predicted octanol–water partition coefficient (Wildman–Crippen LogP) is 3.15. The fourth-order valence-electron chi connectivity index (χ4n) is 1.70. The topological polar surface area (TPSA) is 12.0 Å². The predicted molar refractivity (Wildman–Crippen MR) is 63.7 cm³/mol. The summed E-state index contributed by atoms with van der Waals surface area (Å²) < 4.78 is 0. The van der Waals surface area contributed by atoms with Gasteiger partial charge in [-0.3, -0.25) is 0 Å². The van der Waals surface area contributed by atoms with Crippen LogP contribution >= 0.6 is 11.8 Å². The molecule has 1 fully saturated rings. The average Bonchev–Trinajstić information content (AvgIpc) is 2.71. The van der Waals surface area contributed by atoms with Crippen LogP contribution in [0.4, 0.5) is 0 Å². The van der Waals surface area contributed by atoms with Crippen molar-refractivity contribution >= 4 is 11.8 Å². The number of hydrogen-bond acceptors (Lipinski definition) is 2. The maximum absolute atomic E-state index is 3.48. The Morgan fingerprint density at radius 1 is 1.29 bits per heavy atom. The molecule has 0 unspecified atom stereocenters. The summed E-state index contributed by atoms with van der Waals surface area (Å²) in [6.07, 6.45) is 0. The van der Waals surface area contributed by atoms with E-state index in [1.807, 2.05) is 11.8 Å². The van der Waals surface area contributed by atoms with Crippen molar-refractivity contribution in [1.82, 2.24) is 5.32 Å². The molecule has 0 aliphatic carbocycles. The Kier molecular flexibility index (Phi) is 3.14. The Morgan fingerprint density at radius 2 is 2.00 bits per heavy atom. The molecule has 1 aromatic rings. The van der Waals surface area contributed by atoms with Crippen LogP contribution in [0.3, 0.4) is 0 Å². The van der Waals surface area contributed by atoms with Crippen LogP contribution in [-0.4, -0.2) is 12.3 Å². The average molecular weight is 207 g/mol. The minimum absolute atomic E-state index is 0.524. The molecule has 0 radical (unpaired) electrons. The van der Waals surface area contributed by atoms with E-state index >= 15 is 0 Å². The highest BCUT2D eigenvalue weighted by Gasteiger charge is 2.16. The van der Waals surface area contributed by atoms with E-state index in [-0.39, 0.29) is 0 Å². The lowest BCUT2D eigenvalue weighted by Gasteiger charge is -2.11. The van der Waals surface area contributed by atoms with Crippen LogP contribution in [0.15, 0.2) is 24.3 Å². The van der Waals surface area contributed by atoms with Crippen molar-refractivity contribution in [2.75, 3.05) is 12.3 Å². The number of hydrogen-bond donors (Lipinski definition) is 1. The zero-order valence-corrected chi connectivity index (χ0v) is 9.60. The van der Waals surface area contributed by atoms with Crippen molar-refractivity contribution in [3.05, 3.63) is 35.4 Å². The van der Waals surface area contributed by atoms with Crippen LogP contribution < -0.4 is 5.32 Å². The van der Waals surface area contributed by atoms with Crippen molar-refractivity contribution in [2.45, 2.75) is 25.1 Å². The van der Waals surface area contributed by atoms with Crippen molar-refractivity contribution in [2.24, 2.45) is 0 Å². The van der Waals surface area contributed by atoms with Crippen molar-refractivity contribution in [1.29, 1.82) is 0 Å². The minimum Gasteiger partial charge on any atom is -0.301 e. The summed E-state index contributed by atoms with van der Waals surface area (Å²) in [6, 6.07) is 9.01. The molecular weight excluding hydrogens is 190 g/mol. The molecule has 1 atom stereocenters. The van der Waals surface area contributed by atoms with E-state index in [0.717, 1.165) is 6.54 Å². The van der Waals surface area contributed by atoms with Crippen LogP contribution in [0.5, 0.6) is 0 Å². The summed E-state index contributed by atoms with van der Waals surface area (Å²) in [5, 5.41) is 4.01. The molecule has 1 heterocycles. The van der Waals surface area contributed by atoms with E-state index < -0.39 is 0 Å². The highest BCUT2D eigenvalue weighted by Crippen LogP contribution is 2.30. The number of nitrogens with one attached hydrogen (secondary N) is 1. The molecule has 0 bridgehead atoms. The minimum atomic E-state index is 0.524. The Balaban J connectivity index is 2.12. The first-order chi connectivity index (χ1) is 6.77. The second-order valence-electron chi connectivity index (χ2n) is 4.03. The summed E-state index contributed by atoms with van der Waals surface area (Å²) in [6.45, 7) is 5.61. The van der Waals surface area contributed by atoms with Gasteiger partial charge in [-0.05, 0) is 17.0 Å². The van der Waals surface area contributed by atoms with Gasteiger partial charge in [0.05, 0.1) is 5.37 Å². The maximum atomic E-state index is 3.48. The van der Waals surface area contributed by atoms with Gasteiger partial charge < -0.3 is 5.32 Å². The van der Waals surface area contributed by atoms with Crippen LogP contribution in [0.25, 0.3) is 0 Å². The van der Waals surface area contributed by atoms with E-state index in [9.17, 15) is 0 Å². The molecule has 1 N–H and O–H groups in total. The van der Waals surface area contributed by atoms with Gasteiger partial charge in [-0.25, -0.2) is 0 Å². The lowest BCUT2D eigenvalue weighted by molar-refractivity contribution is 0.749. The van der Waals surface area contributed by atoms with E-state index in [1.165, 1.54) is 16.9 Å². The third-order valence-electron chi connectivity index (χ3n) is 2.62. The molecule has 0 aromatic heterocycles. The van der Waals surface area contributed by atoms with Gasteiger partial charge in [0.2, 0.25) is 0 Å². The summed E-state index contributed by atoms with van der Waals surface area (Å²) in [4.78, 5) is 0. The highest BCUT2D eigenvalue weighted by molar-refractivity contribution is 7.99. The second-order valence-corrected chi connectivity index (χ2v) is 5.24. The fourth-order valence-corrected chi connectivity index (χ4v) is 2.75. The number of rotatable bonds is 2. The van der Waals surface area contributed by atoms with Gasteiger partial charge in [0.1, 0.15) is 0 Å². The monoisotopic (exact) mass is 207 g/mol. The number of thioether (sulfide) groups is 1. The van der Waals surface area contributed by atoms with E-state index in [4.69, 9.17) is 0 Å². The molecule has 1 aliphatic heterocycles. The highest BCUT2D eigenvalue weighted by atomic mass is 32.2. The van der Waals surface area contributed by atoms with E-state index in [2.05, 4.69) is 43.4 Å². The van der Waals surface area contributed by atoms with Gasteiger partial charge >= 0.3 is 0 Å². The molecule has 2 heteroatoms. The molecule has 14 heavy (non-hydrogen) atoms. The Bertz CT molecular complexity index is 286. The lowest BCUT2D eigenvalue weighted by Crippen LogP contribution is -2.11. The van der Waals surface area contributed by atoms with E-state index in [0.29, 0.717) is 11.3 Å². The van der Waals surface area contributed by atoms with Crippen LogP contribution in [0, 0.1) is 0 Å². The molecule has 1 saturated heterocycles. The second kappa shape index (κ2) is 4.37. The molecule has 0 amide bonds. The van der Waals surface area contributed by atoms with Crippen LogP contribution in [-0.2, 0) is 0 Å². The first-order valence-electron chi connectivity index (χ1n) is 5.22. The fraction of sp³-hybridized carbons (Fsp3) is 0.500. The molecule has 1 aromatic carbocycles. The van der Waals surface area contributed by atoms with Crippen LogP contribution in [0.1, 0.15) is 36.3 Å². The van der Waals surface area contributed by atoms with Gasteiger partial charge in [0, 0.05) is 12.3 Å². The standard InChI is InChI=1S/C12H17NS/c1-9(2)10-3-5-11(6-4-10)12-13-7-8-14-12/h3-6,9,12-13H,7-8H2,1-2H3/t12-/m1/s1. The normalized spacial score (nSPS) is 21.8. The quantitative estimate of drug-likeness (QED) is 0.799. The Hall–Kier alpha value is -0.470. The van der Waals surface area contributed by atoms with Gasteiger partial charge in [0.15, 0.2) is 0 Å². The summed E-state index contributed by atoms with van der Waals surface area (Å²) in [5.41, 5.74) is 2.84. The zero-order chi connectivity index (χ0) is 9.97. The first-order valence-corrected chi connectivity index (χ1v) is 6.27. The summed E-state index contributed by atoms with van der Waals surface area (Å²) >= 11 is 2.00. The van der Waals surface area contributed by atoms with Gasteiger partial charge in [-0.2, -0.15) is 0 Å². The maximum Gasteiger partial charge on any atom is 0.0790 e. The summed E-state index contributed by atoms with van der Waals surface area (Å²) in [5.74, 6) is 1.87. The molecule has 0 spiro atoms. The smallest absolute Gasteiger partial charge is 0.0790 e. The van der Waals surface area contributed by atoms with Gasteiger partial charge in [0.25, 0.3) is 0 Å². The Labute approximate surface area is 90.3 Å². The molecule has 0 saturated carbocycles. The Morgan fingerprint density at radius 3 is 2.50 bits per heavy atom. The van der Waals surface area contributed by atoms with Crippen molar-refractivity contribution in [3.8, 4) is 0 Å². The molecule has 1 aliphatic rings. The van der Waals surface area contributed by atoms with Crippen LogP contribution in [0.2, 0.25) is 0 Å². The third-order valence-corrected chi connectivity index (χ3v) is 3.83. The van der Waals surface area contributed by atoms with Gasteiger partial charge in [-0.1, -0.05) is 38.1 Å². The van der Waals surface area contributed by atoms with Crippen molar-refractivity contribution < 1.29 is 0 Å². The largest absolute Gasteiger partial charge is 0.301 e. The van der Waals surface area contributed by atoms with Crippen molar-refractivity contribution in [3.63, 3.8) is 0 Å². The molecule has 2 rings (SSSR count). The van der Waals surface area contributed by atoms with E-state index in [1.54, 1.807) is 0 Å². The first kappa shape index (κ1) is 10.1. The lowest BCUT2D eigenvalue weighted by atomic mass is 10.0. The molecule has 76 valence electrons. The van der Waals surface area contributed by atoms with Gasteiger partial charge in [-0.15, -0.1) is 11.8 Å². The molecular formula is C12H17NS. The molecule has 1 nitrogen and oxygen atoms in total. The third kappa shape index (κ3) is 2.12.